The molecule has 1 aromatic carbocycles. The second kappa shape index (κ2) is 6.05. The highest BCUT2D eigenvalue weighted by Gasteiger charge is 2.52. The number of carboxylic acid groups (broad SMARTS) is 1. The van der Waals surface area contributed by atoms with Crippen LogP contribution in [0.2, 0.25) is 5.02 Å². The summed E-state index contributed by atoms with van der Waals surface area (Å²) >= 11 is 5.93. The number of likely N-dealkylation sites (tertiary alicyclic amines) is 1. The number of nitrogens with one attached hydrogen (secondary N) is 1. The highest BCUT2D eigenvalue weighted by molar-refractivity contribution is 6.33. The summed E-state index contributed by atoms with van der Waals surface area (Å²) in [6, 6.07) is 4.04. The quantitative estimate of drug-likeness (QED) is 0.846. The largest absolute Gasteiger partial charge is 0.481 e. The number of carboxylic acids is 1. The van der Waals surface area contributed by atoms with Crippen molar-refractivity contribution in [1.29, 1.82) is 0 Å². The molecule has 0 bridgehead atoms. The Labute approximate surface area is 142 Å². The minimum absolute atomic E-state index is 0.0397. The molecule has 2 aliphatic rings. The number of halogens is 2. The summed E-state index contributed by atoms with van der Waals surface area (Å²) < 4.78 is 13.9. The van der Waals surface area contributed by atoms with E-state index in [1.807, 2.05) is 0 Å². The predicted molar refractivity (Wildman–Crippen MR) is 83.2 cm³/mol. The van der Waals surface area contributed by atoms with Gasteiger partial charge in [0.1, 0.15) is 5.82 Å². The predicted octanol–water partition coefficient (Wildman–Crippen LogP) is 1.67. The van der Waals surface area contributed by atoms with E-state index >= 15 is 0 Å². The van der Waals surface area contributed by atoms with Gasteiger partial charge in [-0.15, -0.1) is 0 Å². The molecule has 1 spiro atoms. The first-order valence-corrected chi connectivity index (χ1v) is 7.99. The summed E-state index contributed by atoms with van der Waals surface area (Å²) in [5.41, 5.74) is -1.01. The third-order valence-corrected chi connectivity index (χ3v) is 5.18. The zero-order chi connectivity index (χ0) is 17.5. The number of amides is 2. The minimum Gasteiger partial charge on any atom is -0.481 e. The third kappa shape index (κ3) is 2.73. The van der Waals surface area contributed by atoms with Crippen molar-refractivity contribution >= 4 is 29.4 Å². The molecule has 0 aliphatic carbocycles. The van der Waals surface area contributed by atoms with E-state index < -0.39 is 29.2 Å². The average molecular weight is 355 g/mol. The second-order valence-corrected chi connectivity index (χ2v) is 6.60. The summed E-state index contributed by atoms with van der Waals surface area (Å²) in [4.78, 5) is 37.0. The summed E-state index contributed by atoms with van der Waals surface area (Å²) in [5, 5.41) is 12.1. The molecular formula is C16H16ClFN2O4. The van der Waals surface area contributed by atoms with Crippen LogP contribution in [0.3, 0.4) is 0 Å². The van der Waals surface area contributed by atoms with Crippen molar-refractivity contribution < 1.29 is 23.9 Å². The molecule has 2 amide bonds. The van der Waals surface area contributed by atoms with Gasteiger partial charge in [0.15, 0.2) is 0 Å². The van der Waals surface area contributed by atoms with Crippen LogP contribution < -0.4 is 5.32 Å². The lowest BCUT2D eigenvalue weighted by molar-refractivity contribution is -0.144. The molecule has 2 aliphatic heterocycles. The van der Waals surface area contributed by atoms with Crippen molar-refractivity contribution in [1.82, 2.24) is 10.2 Å². The van der Waals surface area contributed by atoms with Gasteiger partial charge in [-0.05, 0) is 25.0 Å². The van der Waals surface area contributed by atoms with Crippen LogP contribution in [0.25, 0.3) is 0 Å². The normalized spacial score (nSPS) is 22.5. The summed E-state index contributed by atoms with van der Waals surface area (Å²) in [6.45, 7) is 0.459. The number of benzene rings is 1. The van der Waals surface area contributed by atoms with Crippen molar-refractivity contribution in [2.45, 2.75) is 24.8 Å². The molecule has 0 saturated carbocycles. The number of carbonyl (C=O) groups is 3. The molecule has 2 heterocycles. The Morgan fingerprint density at radius 3 is 2.58 bits per heavy atom. The minimum atomic E-state index is -1.02. The standard InChI is InChI=1S/C16H16ClFN2O4/c17-10-2-1-3-11(18)13(10)14(22)20-6-4-16(5-7-20)9(15(23)24)8-12(21)19-16/h1-3,9H,4-8H2,(H,19,21)(H,23,24). The fourth-order valence-electron chi connectivity index (χ4n) is 3.56. The fraction of sp³-hybridized carbons (Fsp3) is 0.438. The van der Waals surface area contributed by atoms with Crippen LogP contribution in [-0.4, -0.2) is 46.4 Å². The van der Waals surface area contributed by atoms with E-state index in [2.05, 4.69) is 5.32 Å². The van der Waals surface area contributed by atoms with Crippen LogP contribution in [0, 0.1) is 11.7 Å². The van der Waals surface area contributed by atoms with E-state index in [0.29, 0.717) is 12.8 Å². The van der Waals surface area contributed by atoms with Gasteiger partial charge in [-0.1, -0.05) is 17.7 Å². The Bertz CT molecular complexity index is 696. The highest BCUT2D eigenvalue weighted by Crippen LogP contribution is 2.37. The molecule has 24 heavy (non-hydrogen) atoms. The summed E-state index contributed by atoms with van der Waals surface area (Å²) in [5.74, 6) is -3.33. The fourth-order valence-corrected chi connectivity index (χ4v) is 3.81. The van der Waals surface area contributed by atoms with E-state index in [1.54, 1.807) is 0 Å². The molecule has 2 fully saturated rings. The molecule has 0 aromatic heterocycles. The Balaban J connectivity index is 1.77. The molecular weight excluding hydrogens is 339 g/mol. The van der Waals surface area contributed by atoms with E-state index in [1.165, 1.54) is 23.1 Å². The van der Waals surface area contributed by atoms with E-state index in [-0.39, 0.29) is 36.0 Å². The van der Waals surface area contributed by atoms with Gasteiger partial charge in [-0.2, -0.15) is 0 Å². The first-order chi connectivity index (χ1) is 11.3. The van der Waals surface area contributed by atoms with Crippen LogP contribution in [0.4, 0.5) is 4.39 Å². The second-order valence-electron chi connectivity index (χ2n) is 6.19. The molecule has 6 nitrogen and oxygen atoms in total. The molecule has 2 saturated heterocycles. The first kappa shape index (κ1) is 16.7. The molecule has 1 unspecified atom stereocenters. The summed E-state index contributed by atoms with van der Waals surface area (Å²) in [7, 11) is 0. The molecule has 128 valence electrons. The van der Waals surface area contributed by atoms with Crippen LogP contribution in [-0.2, 0) is 9.59 Å². The molecule has 2 N–H and O–H groups in total. The van der Waals surface area contributed by atoms with Gasteiger partial charge < -0.3 is 15.3 Å². The number of nitrogens with zero attached hydrogens (tertiary/aromatic N) is 1. The van der Waals surface area contributed by atoms with Gasteiger partial charge in [-0.3, -0.25) is 14.4 Å². The number of hydrogen-bond donors (Lipinski definition) is 2. The Morgan fingerprint density at radius 1 is 1.33 bits per heavy atom. The third-order valence-electron chi connectivity index (χ3n) is 4.86. The number of aliphatic carboxylic acids is 1. The maximum absolute atomic E-state index is 13.9. The Kier molecular flexibility index (Phi) is 4.21. The zero-order valence-electron chi connectivity index (χ0n) is 12.7. The van der Waals surface area contributed by atoms with Crippen LogP contribution >= 0.6 is 11.6 Å². The monoisotopic (exact) mass is 354 g/mol. The van der Waals surface area contributed by atoms with Crippen molar-refractivity contribution in [3.8, 4) is 0 Å². The Hall–Kier alpha value is -2.15. The SMILES string of the molecule is O=C1CC(C(=O)O)C2(CCN(C(=O)c3c(F)cccc3Cl)CC2)N1. The van der Waals surface area contributed by atoms with Gasteiger partial charge in [-0.25, -0.2) is 4.39 Å². The molecule has 0 radical (unpaired) electrons. The summed E-state index contributed by atoms with van der Waals surface area (Å²) in [6.07, 6.45) is 0.573. The maximum atomic E-state index is 13.9. The highest BCUT2D eigenvalue weighted by atomic mass is 35.5. The molecule has 8 heteroatoms. The van der Waals surface area contributed by atoms with Gasteiger partial charge in [0, 0.05) is 19.5 Å². The van der Waals surface area contributed by atoms with Crippen LogP contribution in [0.1, 0.15) is 29.6 Å². The van der Waals surface area contributed by atoms with Gasteiger partial charge in [0.2, 0.25) is 5.91 Å². The van der Waals surface area contributed by atoms with Crippen molar-refractivity contribution in [3.63, 3.8) is 0 Å². The number of carbonyl (C=O) groups excluding carboxylic acids is 2. The molecule has 3 rings (SSSR count). The average Bonchev–Trinajstić information content (AvgIpc) is 2.84. The maximum Gasteiger partial charge on any atom is 0.309 e. The van der Waals surface area contributed by atoms with Crippen molar-refractivity contribution in [3.05, 3.63) is 34.6 Å². The van der Waals surface area contributed by atoms with Crippen LogP contribution in [0.15, 0.2) is 18.2 Å². The van der Waals surface area contributed by atoms with E-state index in [0.717, 1.165) is 0 Å². The zero-order valence-corrected chi connectivity index (χ0v) is 13.5. The smallest absolute Gasteiger partial charge is 0.309 e. The lowest BCUT2D eigenvalue weighted by Crippen LogP contribution is -2.56. The van der Waals surface area contributed by atoms with Crippen molar-refractivity contribution in [2.75, 3.05) is 13.1 Å². The van der Waals surface area contributed by atoms with Crippen LogP contribution in [0.5, 0.6) is 0 Å². The Morgan fingerprint density at radius 2 is 2.00 bits per heavy atom. The molecule has 1 atom stereocenters. The van der Waals surface area contributed by atoms with E-state index in [4.69, 9.17) is 11.6 Å². The number of hydrogen-bond acceptors (Lipinski definition) is 3. The topological polar surface area (TPSA) is 86.7 Å². The van der Waals surface area contributed by atoms with Gasteiger partial charge in [0.25, 0.3) is 5.91 Å². The lowest BCUT2D eigenvalue weighted by atomic mass is 9.77. The number of piperidine rings is 1. The van der Waals surface area contributed by atoms with Crippen molar-refractivity contribution in [2.24, 2.45) is 5.92 Å². The van der Waals surface area contributed by atoms with Gasteiger partial charge >= 0.3 is 5.97 Å². The van der Waals surface area contributed by atoms with Gasteiger partial charge in [0.05, 0.1) is 22.0 Å². The first-order valence-electron chi connectivity index (χ1n) is 7.61. The number of rotatable bonds is 2. The van der Waals surface area contributed by atoms with E-state index in [9.17, 15) is 23.9 Å². The lowest BCUT2D eigenvalue weighted by Gasteiger charge is -2.41. The molecule has 1 aromatic rings.